The molecule has 7 heteroatoms. The zero-order valence-corrected chi connectivity index (χ0v) is 9.71. The number of nitrogens with two attached hydrogens (primary N) is 1. The van der Waals surface area contributed by atoms with Crippen LogP contribution in [0.25, 0.3) is 0 Å². The normalized spacial score (nSPS) is 19.4. The van der Waals surface area contributed by atoms with Gasteiger partial charge in [0.15, 0.2) is 11.5 Å². The first-order valence-corrected chi connectivity index (χ1v) is 4.72. The maximum atomic E-state index is 12.7. The molecule has 1 heterocycles. The molecule has 0 aliphatic carbocycles. The quantitative estimate of drug-likeness (QED) is 0.858. The lowest BCUT2D eigenvalue weighted by atomic mass is 10.0. The van der Waals surface area contributed by atoms with E-state index in [4.69, 9.17) is 5.73 Å². The molecule has 0 unspecified atom stereocenters. The molecule has 0 saturated heterocycles. The average molecular weight is 268 g/mol. The standard InChI is InChI=1S/C10H11F2NO3.ClH/c1-5(14)9(13)6-2-3-7-8(4-6)16-10(11,12)15-7;/h2-5,9,14H,13H2,1H3;1H/t5-,9-;/m1./s1. The van der Waals surface area contributed by atoms with Crippen molar-refractivity contribution in [3.05, 3.63) is 23.8 Å². The Hall–Kier alpha value is -1.11. The molecule has 2 atom stereocenters. The van der Waals surface area contributed by atoms with E-state index in [0.717, 1.165) is 0 Å². The third kappa shape index (κ3) is 2.77. The molecule has 0 fully saturated rings. The van der Waals surface area contributed by atoms with Crippen molar-refractivity contribution in [1.82, 2.24) is 0 Å². The zero-order valence-electron chi connectivity index (χ0n) is 8.89. The lowest BCUT2D eigenvalue weighted by molar-refractivity contribution is -0.286. The molecule has 4 nitrogen and oxygen atoms in total. The van der Waals surface area contributed by atoms with E-state index in [9.17, 15) is 13.9 Å². The van der Waals surface area contributed by atoms with Crippen molar-refractivity contribution in [2.24, 2.45) is 5.73 Å². The summed E-state index contributed by atoms with van der Waals surface area (Å²) in [5, 5.41) is 9.28. The van der Waals surface area contributed by atoms with Crippen LogP contribution in [0.15, 0.2) is 18.2 Å². The van der Waals surface area contributed by atoms with Gasteiger partial charge in [0, 0.05) is 0 Å². The molecule has 0 amide bonds. The van der Waals surface area contributed by atoms with E-state index in [2.05, 4.69) is 9.47 Å². The van der Waals surface area contributed by atoms with E-state index >= 15 is 0 Å². The molecule has 3 N–H and O–H groups in total. The fraction of sp³-hybridized carbons (Fsp3) is 0.400. The number of fused-ring (bicyclic) bond motifs is 1. The molecule has 0 spiro atoms. The van der Waals surface area contributed by atoms with Crippen LogP contribution < -0.4 is 15.2 Å². The van der Waals surface area contributed by atoms with E-state index in [-0.39, 0.29) is 23.9 Å². The number of aliphatic hydroxyl groups is 1. The molecule has 1 aliphatic heterocycles. The Kier molecular flexibility index (Phi) is 3.81. The summed E-state index contributed by atoms with van der Waals surface area (Å²) in [5.41, 5.74) is 6.17. The highest BCUT2D eigenvalue weighted by Crippen LogP contribution is 2.41. The van der Waals surface area contributed by atoms with Gasteiger partial charge in [0.25, 0.3) is 0 Å². The predicted molar refractivity (Wildman–Crippen MR) is 58.5 cm³/mol. The van der Waals surface area contributed by atoms with Gasteiger partial charge in [0.1, 0.15) is 0 Å². The number of ether oxygens (including phenoxy) is 2. The largest absolute Gasteiger partial charge is 0.586 e. The Balaban J connectivity index is 0.00000144. The maximum absolute atomic E-state index is 12.7. The maximum Gasteiger partial charge on any atom is 0.586 e. The van der Waals surface area contributed by atoms with Crippen molar-refractivity contribution in [3.8, 4) is 11.5 Å². The minimum absolute atomic E-state index is 0. The van der Waals surface area contributed by atoms with E-state index in [0.29, 0.717) is 5.56 Å². The van der Waals surface area contributed by atoms with Crippen LogP contribution in [0, 0.1) is 0 Å². The number of alkyl halides is 2. The van der Waals surface area contributed by atoms with Gasteiger partial charge in [0.05, 0.1) is 12.1 Å². The minimum atomic E-state index is -3.63. The molecule has 1 aliphatic rings. The third-order valence-electron chi connectivity index (χ3n) is 2.33. The highest BCUT2D eigenvalue weighted by molar-refractivity contribution is 5.85. The molecular weight excluding hydrogens is 256 g/mol. The summed E-state index contributed by atoms with van der Waals surface area (Å²) in [5.74, 6) is -0.106. The summed E-state index contributed by atoms with van der Waals surface area (Å²) in [6.45, 7) is 1.52. The molecule has 0 radical (unpaired) electrons. The van der Waals surface area contributed by atoms with Crippen LogP contribution in [0.5, 0.6) is 11.5 Å². The van der Waals surface area contributed by atoms with Gasteiger partial charge >= 0.3 is 6.29 Å². The Labute approximate surface area is 103 Å². The van der Waals surface area contributed by atoms with Gasteiger partial charge in [0.2, 0.25) is 0 Å². The number of hydrogen-bond acceptors (Lipinski definition) is 4. The van der Waals surface area contributed by atoms with Crippen molar-refractivity contribution in [2.75, 3.05) is 0 Å². The first-order valence-electron chi connectivity index (χ1n) is 4.72. The van der Waals surface area contributed by atoms with E-state index in [1.165, 1.54) is 25.1 Å². The third-order valence-corrected chi connectivity index (χ3v) is 2.33. The van der Waals surface area contributed by atoms with Gasteiger partial charge < -0.3 is 20.3 Å². The van der Waals surface area contributed by atoms with Crippen molar-refractivity contribution >= 4 is 12.4 Å². The number of aliphatic hydroxyl groups excluding tert-OH is 1. The fourth-order valence-electron chi connectivity index (χ4n) is 1.45. The minimum Gasteiger partial charge on any atom is -0.395 e. The predicted octanol–water partition coefficient (Wildman–Crippen LogP) is 1.81. The molecule has 0 saturated carbocycles. The second-order valence-electron chi connectivity index (χ2n) is 3.64. The fourth-order valence-corrected chi connectivity index (χ4v) is 1.45. The number of hydrogen-bond donors (Lipinski definition) is 2. The molecule has 2 rings (SSSR count). The summed E-state index contributed by atoms with van der Waals surface area (Å²) in [4.78, 5) is 0. The van der Waals surface area contributed by atoms with Crippen LogP contribution in [-0.4, -0.2) is 17.5 Å². The molecule has 1 aromatic carbocycles. The second kappa shape index (κ2) is 4.64. The molecule has 17 heavy (non-hydrogen) atoms. The smallest absolute Gasteiger partial charge is 0.395 e. The lowest BCUT2D eigenvalue weighted by Crippen LogP contribution is -2.26. The van der Waals surface area contributed by atoms with Crippen LogP contribution in [0.3, 0.4) is 0 Å². The first kappa shape index (κ1) is 14.0. The van der Waals surface area contributed by atoms with Gasteiger partial charge in [-0.25, -0.2) is 0 Å². The summed E-state index contributed by atoms with van der Waals surface area (Å²) in [6, 6.07) is 3.55. The van der Waals surface area contributed by atoms with Gasteiger partial charge in [-0.2, -0.15) is 0 Å². The van der Waals surface area contributed by atoms with E-state index in [1.54, 1.807) is 0 Å². The zero-order chi connectivity index (χ0) is 11.9. The van der Waals surface area contributed by atoms with Crippen molar-refractivity contribution < 1.29 is 23.4 Å². The van der Waals surface area contributed by atoms with Crippen LogP contribution in [0.2, 0.25) is 0 Å². The Morgan fingerprint density at radius 2 is 1.88 bits per heavy atom. The molecule has 0 aromatic heterocycles. The van der Waals surface area contributed by atoms with E-state index in [1.807, 2.05) is 0 Å². The molecule has 0 bridgehead atoms. The molecule has 1 aromatic rings. The van der Waals surface area contributed by atoms with Gasteiger partial charge in [-0.15, -0.1) is 21.2 Å². The van der Waals surface area contributed by atoms with Gasteiger partial charge in [-0.05, 0) is 24.6 Å². The highest BCUT2D eigenvalue weighted by atomic mass is 35.5. The number of halogens is 3. The lowest BCUT2D eigenvalue weighted by Gasteiger charge is -2.14. The summed E-state index contributed by atoms with van der Waals surface area (Å²) in [7, 11) is 0. The van der Waals surface area contributed by atoms with Crippen LogP contribution in [0.1, 0.15) is 18.5 Å². The Bertz CT molecular complexity index is 415. The van der Waals surface area contributed by atoms with E-state index < -0.39 is 18.4 Å². The molecule has 96 valence electrons. The SMILES string of the molecule is C[C@@H](O)[C@@H](N)c1ccc2c(c1)OC(F)(F)O2.Cl. The number of rotatable bonds is 2. The highest BCUT2D eigenvalue weighted by Gasteiger charge is 2.43. The van der Waals surface area contributed by atoms with Gasteiger partial charge in [-0.1, -0.05) is 6.07 Å². The summed E-state index contributed by atoms with van der Waals surface area (Å²) >= 11 is 0. The monoisotopic (exact) mass is 267 g/mol. The van der Waals surface area contributed by atoms with Crippen molar-refractivity contribution in [1.29, 1.82) is 0 Å². The first-order chi connectivity index (χ1) is 7.39. The average Bonchev–Trinajstić information content (AvgIpc) is 2.48. The summed E-state index contributed by atoms with van der Waals surface area (Å²) in [6.07, 6.45) is -4.41. The van der Waals surface area contributed by atoms with Gasteiger partial charge in [-0.3, -0.25) is 0 Å². The van der Waals surface area contributed by atoms with Crippen molar-refractivity contribution in [2.45, 2.75) is 25.4 Å². The Morgan fingerprint density at radius 1 is 1.29 bits per heavy atom. The summed E-state index contributed by atoms with van der Waals surface area (Å²) < 4.78 is 33.9. The van der Waals surface area contributed by atoms with Crippen LogP contribution in [-0.2, 0) is 0 Å². The second-order valence-corrected chi connectivity index (χ2v) is 3.64. The van der Waals surface area contributed by atoms with Crippen molar-refractivity contribution in [3.63, 3.8) is 0 Å². The molecular formula is C10H12ClF2NO3. The van der Waals surface area contributed by atoms with Crippen LogP contribution in [0.4, 0.5) is 8.78 Å². The number of benzene rings is 1. The van der Waals surface area contributed by atoms with Crippen LogP contribution >= 0.6 is 12.4 Å². The topological polar surface area (TPSA) is 64.7 Å². The Morgan fingerprint density at radius 3 is 2.47 bits per heavy atom.